The van der Waals surface area contributed by atoms with Crippen molar-refractivity contribution in [3.8, 4) is 0 Å². The molecule has 0 aromatic carbocycles. The summed E-state index contributed by atoms with van der Waals surface area (Å²) in [5.41, 5.74) is 3.94. The Balaban J connectivity index is 1.37. The first-order valence-corrected chi connectivity index (χ1v) is 10.8. The monoisotopic (exact) mass is 432 g/mol. The summed E-state index contributed by atoms with van der Waals surface area (Å²) in [6, 6.07) is 1.93. The first kappa shape index (κ1) is 21.6. The molecule has 3 aromatic rings. The Hall–Kier alpha value is -3.62. The third-order valence-electron chi connectivity index (χ3n) is 5.83. The van der Waals surface area contributed by atoms with Gasteiger partial charge in [-0.05, 0) is 45.1 Å². The molecular weight excluding hydrogens is 404 g/mol. The predicted octanol–water partition coefficient (Wildman–Crippen LogP) is 2.86. The van der Waals surface area contributed by atoms with Crippen molar-refractivity contribution in [2.24, 2.45) is 13.0 Å². The third kappa shape index (κ3) is 5.16. The van der Waals surface area contributed by atoms with Crippen molar-refractivity contribution in [2.45, 2.75) is 33.1 Å². The zero-order valence-corrected chi connectivity index (χ0v) is 18.7. The van der Waals surface area contributed by atoms with Crippen LogP contribution in [0.5, 0.6) is 0 Å². The van der Waals surface area contributed by atoms with E-state index in [0.29, 0.717) is 17.6 Å². The summed E-state index contributed by atoms with van der Waals surface area (Å²) in [5, 5.41) is 7.56. The summed E-state index contributed by atoms with van der Waals surface area (Å²) in [7, 11) is 1.91. The molecule has 1 saturated heterocycles. The highest BCUT2D eigenvalue weighted by atomic mass is 16.2. The minimum Gasteiger partial charge on any atom is -0.339 e. The molecule has 1 aliphatic rings. The molecule has 4 rings (SSSR count). The lowest BCUT2D eigenvalue weighted by atomic mass is 9.93. The molecule has 1 atom stereocenters. The van der Waals surface area contributed by atoms with Crippen molar-refractivity contribution in [3.63, 3.8) is 0 Å². The number of piperidine rings is 1. The van der Waals surface area contributed by atoms with Crippen LogP contribution in [-0.2, 0) is 18.3 Å². The molecule has 3 aromatic heterocycles. The molecule has 32 heavy (non-hydrogen) atoms. The highest BCUT2D eigenvalue weighted by molar-refractivity contribution is 5.92. The van der Waals surface area contributed by atoms with Crippen LogP contribution in [0.15, 0.2) is 37.1 Å². The van der Waals surface area contributed by atoms with Crippen molar-refractivity contribution in [3.05, 3.63) is 59.7 Å². The Labute approximate surface area is 187 Å². The van der Waals surface area contributed by atoms with E-state index >= 15 is 0 Å². The second kappa shape index (κ2) is 9.67. The Bertz CT molecular complexity index is 1110. The number of amides is 1. The lowest BCUT2D eigenvalue weighted by Crippen LogP contribution is -2.39. The Morgan fingerprint density at radius 2 is 2.09 bits per heavy atom. The van der Waals surface area contributed by atoms with Gasteiger partial charge in [0, 0.05) is 61.6 Å². The molecule has 1 amide bonds. The fourth-order valence-electron chi connectivity index (χ4n) is 4.09. The molecule has 9 nitrogen and oxygen atoms in total. The summed E-state index contributed by atoms with van der Waals surface area (Å²) in [5.74, 6) is 1.73. The summed E-state index contributed by atoms with van der Waals surface area (Å²) < 4.78 is 1.84. The van der Waals surface area contributed by atoms with Crippen LogP contribution in [-0.4, -0.2) is 53.6 Å². The largest absolute Gasteiger partial charge is 0.339 e. The maximum atomic E-state index is 12.8. The number of nitrogens with one attached hydrogen (secondary N) is 1. The quantitative estimate of drug-likeness (QED) is 0.598. The summed E-state index contributed by atoms with van der Waals surface area (Å²) in [6.07, 6.45) is 12.9. The lowest BCUT2D eigenvalue weighted by Gasteiger charge is -2.32. The minimum absolute atomic E-state index is 0.0463. The molecular formula is C23H28N8O. The molecule has 1 fully saturated rings. The molecule has 0 spiro atoms. The number of aromatic nitrogens is 6. The van der Waals surface area contributed by atoms with Gasteiger partial charge in [0.15, 0.2) is 0 Å². The minimum atomic E-state index is 0.0463. The van der Waals surface area contributed by atoms with Gasteiger partial charge in [-0.15, -0.1) is 0 Å². The molecule has 0 aliphatic carbocycles. The van der Waals surface area contributed by atoms with Crippen LogP contribution in [0.25, 0.3) is 6.08 Å². The van der Waals surface area contributed by atoms with E-state index in [1.165, 1.54) is 0 Å². The zero-order chi connectivity index (χ0) is 22.5. The van der Waals surface area contributed by atoms with Gasteiger partial charge in [0.25, 0.3) is 0 Å². The number of likely N-dealkylation sites (tertiary alicyclic amines) is 1. The van der Waals surface area contributed by atoms with Gasteiger partial charge in [-0.1, -0.05) is 0 Å². The number of carbonyl (C=O) groups is 1. The molecule has 0 saturated carbocycles. The van der Waals surface area contributed by atoms with E-state index in [1.54, 1.807) is 31.0 Å². The maximum Gasteiger partial charge on any atom is 0.246 e. The van der Waals surface area contributed by atoms with Crippen molar-refractivity contribution in [1.29, 1.82) is 0 Å². The summed E-state index contributed by atoms with van der Waals surface area (Å²) in [4.78, 5) is 31.7. The highest BCUT2D eigenvalue weighted by Crippen LogP contribution is 2.22. The van der Waals surface area contributed by atoms with Gasteiger partial charge in [0.2, 0.25) is 5.91 Å². The number of carbonyl (C=O) groups excluding carboxylic acids is 1. The summed E-state index contributed by atoms with van der Waals surface area (Å²) in [6.45, 7) is 5.48. The standard InChI is InChI=1S/C23H28N8O/c1-16-20(17(2)30(3)29-16)6-7-23(32)31-10-4-5-18(14-31)11-19-12-21(27-15-26-19)28-22-13-24-8-9-25-22/h6-9,12-13,15,18H,4-5,10-11,14H2,1-3H3,(H,25,26,27,28)/b7-6+/t18-/m1/s1. The lowest BCUT2D eigenvalue weighted by molar-refractivity contribution is -0.127. The van der Waals surface area contributed by atoms with Gasteiger partial charge >= 0.3 is 0 Å². The number of aryl methyl sites for hydroxylation is 2. The number of anilines is 2. The van der Waals surface area contributed by atoms with E-state index in [-0.39, 0.29) is 5.91 Å². The second-order valence-corrected chi connectivity index (χ2v) is 8.15. The molecule has 0 unspecified atom stereocenters. The molecule has 1 aliphatic heterocycles. The predicted molar refractivity (Wildman–Crippen MR) is 122 cm³/mol. The molecule has 166 valence electrons. The molecule has 4 heterocycles. The molecule has 0 radical (unpaired) electrons. The van der Waals surface area contributed by atoms with Crippen LogP contribution < -0.4 is 5.32 Å². The van der Waals surface area contributed by atoms with Crippen molar-refractivity contribution < 1.29 is 4.79 Å². The van der Waals surface area contributed by atoms with Gasteiger partial charge in [0.05, 0.1) is 11.9 Å². The van der Waals surface area contributed by atoms with Crippen LogP contribution in [0.3, 0.4) is 0 Å². The SMILES string of the molecule is Cc1nn(C)c(C)c1/C=C/C(=O)N1CCC[C@H](Cc2cc(Nc3cnccn3)ncn2)C1. The van der Waals surface area contributed by atoms with Crippen molar-refractivity contribution in [1.82, 2.24) is 34.6 Å². The van der Waals surface area contributed by atoms with E-state index in [9.17, 15) is 4.79 Å². The number of nitrogens with zero attached hydrogens (tertiary/aromatic N) is 7. The number of hydrogen-bond donors (Lipinski definition) is 1. The molecule has 0 bridgehead atoms. The van der Waals surface area contributed by atoms with E-state index in [2.05, 4.69) is 30.4 Å². The molecule has 1 N–H and O–H groups in total. The van der Waals surface area contributed by atoms with E-state index in [1.807, 2.05) is 42.6 Å². The van der Waals surface area contributed by atoms with Crippen molar-refractivity contribution in [2.75, 3.05) is 18.4 Å². The normalized spacial score (nSPS) is 16.5. The van der Waals surface area contributed by atoms with Crippen molar-refractivity contribution >= 4 is 23.6 Å². The Morgan fingerprint density at radius 3 is 2.84 bits per heavy atom. The van der Waals surface area contributed by atoms with Gasteiger partial charge in [-0.25, -0.2) is 15.0 Å². The van der Waals surface area contributed by atoms with E-state index < -0.39 is 0 Å². The van der Waals surface area contributed by atoms with Crippen LogP contribution in [0.4, 0.5) is 11.6 Å². The van der Waals surface area contributed by atoms with Gasteiger partial charge in [-0.3, -0.25) is 14.5 Å². The summed E-state index contributed by atoms with van der Waals surface area (Å²) >= 11 is 0. The first-order valence-electron chi connectivity index (χ1n) is 10.8. The Kier molecular flexibility index (Phi) is 6.53. The first-order chi connectivity index (χ1) is 15.5. The fraction of sp³-hybridized carbons (Fsp3) is 0.391. The Morgan fingerprint density at radius 1 is 1.22 bits per heavy atom. The number of rotatable bonds is 6. The van der Waals surface area contributed by atoms with Crippen LogP contribution >= 0.6 is 0 Å². The maximum absolute atomic E-state index is 12.8. The van der Waals surface area contributed by atoms with Crippen LogP contribution in [0, 0.1) is 19.8 Å². The zero-order valence-electron chi connectivity index (χ0n) is 18.7. The average Bonchev–Trinajstić information content (AvgIpc) is 3.04. The van der Waals surface area contributed by atoms with Crippen LogP contribution in [0.2, 0.25) is 0 Å². The topological polar surface area (TPSA) is 102 Å². The van der Waals surface area contributed by atoms with Gasteiger partial charge < -0.3 is 10.2 Å². The smallest absolute Gasteiger partial charge is 0.246 e. The van der Waals surface area contributed by atoms with E-state index in [4.69, 9.17) is 0 Å². The van der Waals surface area contributed by atoms with E-state index in [0.717, 1.165) is 55.0 Å². The van der Waals surface area contributed by atoms with Crippen LogP contribution in [0.1, 0.15) is 35.5 Å². The fourth-order valence-corrected chi connectivity index (χ4v) is 4.09. The second-order valence-electron chi connectivity index (χ2n) is 8.15. The molecule has 9 heteroatoms. The third-order valence-corrected chi connectivity index (χ3v) is 5.83. The van der Waals surface area contributed by atoms with Gasteiger partial charge in [0.1, 0.15) is 18.0 Å². The highest BCUT2D eigenvalue weighted by Gasteiger charge is 2.23. The average molecular weight is 433 g/mol. The number of hydrogen-bond acceptors (Lipinski definition) is 7. The van der Waals surface area contributed by atoms with Gasteiger partial charge in [-0.2, -0.15) is 5.10 Å².